The number of hydrogen-bond donors (Lipinski definition) is 1. The van der Waals surface area contributed by atoms with Gasteiger partial charge in [-0.3, -0.25) is 0 Å². The Labute approximate surface area is 87.9 Å². The van der Waals surface area contributed by atoms with Crippen LogP contribution in [0, 0.1) is 0 Å². The summed E-state index contributed by atoms with van der Waals surface area (Å²) in [6.07, 6.45) is 7.22. The molecule has 3 heteroatoms. The summed E-state index contributed by atoms with van der Waals surface area (Å²) in [6.45, 7) is 2.11. The molecule has 0 spiro atoms. The maximum Gasteiger partial charge on any atom is 0.0368 e. The standard InChI is InChI=1S/C10H15BrN2/c1-8-5-3-4-6-10(13(2)12)9(8)7-11/h3-5H,6-7,12H2,1-2H3. The Hall–Kier alpha value is -0.540. The molecule has 0 aromatic carbocycles. The van der Waals surface area contributed by atoms with Gasteiger partial charge in [0, 0.05) is 24.5 Å². The second-order valence-electron chi connectivity index (χ2n) is 3.15. The molecule has 1 aliphatic carbocycles. The first-order valence-corrected chi connectivity index (χ1v) is 5.39. The summed E-state index contributed by atoms with van der Waals surface area (Å²) in [4.78, 5) is 0. The van der Waals surface area contributed by atoms with Crippen LogP contribution in [0.4, 0.5) is 0 Å². The molecule has 0 aromatic rings. The third-order valence-corrected chi connectivity index (χ3v) is 2.74. The van der Waals surface area contributed by atoms with Crippen LogP contribution in [-0.4, -0.2) is 17.4 Å². The van der Waals surface area contributed by atoms with Crippen molar-refractivity contribution in [2.75, 3.05) is 12.4 Å². The first kappa shape index (κ1) is 10.5. The summed E-state index contributed by atoms with van der Waals surface area (Å²) in [7, 11) is 1.88. The minimum atomic E-state index is 0.855. The molecule has 72 valence electrons. The second-order valence-corrected chi connectivity index (χ2v) is 3.71. The molecule has 0 radical (unpaired) electrons. The fourth-order valence-corrected chi connectivity index (χ4v) is 2.15. The quantitative estimate of drug-likeness (QED) is 0.458. The Morgan fingerprint density at radius 1 is 1.62 bits per heavy atom. The Morgan fingerprint density at radius 2 is 2.31 bits per heavy atom. The van der Waals surface area contributed by atoms with E-state index in [4.69, 9.17) is 5.84 Å². The number of nitrogens with two attached hydrogens (primary N) is 1. The van der Waals surface area contributed by atoms with Crippen molar-refractivity contribution in [3.63, 3.8) is 0 Å². The largest absolute Gasteiger partial charge is 0.318 e. The van der Waals surface area contributed by atoms with E-state index in [-0.39, 0.29) is 0 Å². The van der Waals surface area contributed by atoms with Crippen molar-refractivity contribution in [2.24, 2.45) is 5.84 Å². The monoisotopic (exact) mass is 242 g/mol. The van der Waals surface area contributed by atoms with Gasteiger partial charge in [0.05, 0.1) is 0 Å². The van der Waals surface area contributed by atoms with Crippen molar-refractivity contribution in [1.29, 1.82) is 0 Å². The highest BCUT2D eigenvalue weighted by Gasteiger charge is 2.10. The smallest absolute Gasteiger partial charge is 0.0368 e. The van der Waals surface area contributed by atoms with Gasteiger partial charge < -0.3 is 5.01 Å². The fourth-order valence-electron chi connectivity index (χ4n) is 1.38. The summed E-state index contributed by atoms with van der Waals surface area (Å²) < 4.78 is 0. The molecule has 0 atom stereocenters. The van der Waals surface area contributed by atoms with Gasteiger partial charge in [0.25, 0.3) is 0 Å². The minimum absolute atomic E-state index is 0.855. The molecule has 2 N–H and O–H groups in total. The van der Waals surface area contributed by atoms with Crippen LogP contribution in [0.15, 0.2) is 35.1 Å². The highest BCUT2D eigenvalue weighted by molar-refractivity contribution is 9.09. The van der Waals surface area contributed by atoms with E-state index in [1.165, 1.54) is 16.8 Å². The molecule has 0 saturated carbocycles. The first-order chi connectivity index (χ1) is 6.16. The van der Waals surface area contributed by atoms with Gasteiger partial charge >= 0.3 is 0 Å². The van der Waals surface area contributed by atoms with E-state index < -0.39 is 0 Å². The zero-order valence-corrected chi connectivity index (χ0v) is 9.63. The van der Waals surface area contributed by atoms with E-state index in [0.717, 1.165) is 11.8 Å². The van der Waals surface area contributed by atoms with Crippen LogP contribution in [0.3, 0.4) is 0 Å². The van der Waals surface area contributed by atoms with Crippen LogP contribution < -0.4 is 5.84 Å². The lowest BCUT2D eigenvalue weighted by molar-refractivity contribution is 0.428. The van der Waals surface area contributed by atoms with Crippen LogP contribution in [-0.2, 0) is 0 Å². The normalized spacial score (nSPS) is 17.1. The molecular formula is C10H15BrN2. The lowest BCUT2D eigenvalue weighted by Crippen LogP contribution is -2.26. The number of alkyl halides is 1. The van der Waals surface area contributed by atoms with E-state index in [9.17, 15) is 0 Å². The molecule has 0 unspecified atom stereocenters. The molecule has 0 saturated heterocycles. The van der Waals surface area contributed by atoms with Gasteiger partial charge in [-0.15, -0.1) is 0 Å². The zero-order valence-electron chi connectivity index (χ0n) is 8.05. The predicted octanol–water partition coefficient (Wildman–Crippen LogP) is 2.35. The minimum Gasteiger partial charge on any atom is -0.318 e. The predicted molar refractivity (Wildman–Crippen MR) is 60.3 cm³/mol. The van der Waals surface area contributed by atoms with E-state index in [0.29, 0.717) is 0 Å². The first-order valence-electron chi connectivity index (χ1n) is 4.27. The summed E-state index contributed by atoms with van der Waals surface area (Å²) in [5.41, 5.74) is 3.74. The maximum atomic E-state index is 5.76. The SMILES string of the molecule is CC1=CC=CCC(N(C)N)=C1CBr. The average molecular weight is 243 g/mol. The van der Waals surface area contributed by atoms with E-state index in [1.54, 1.807) is 5.01 Å². The highest BCUT2D eigenvalue weighted by atomic mass is 79.9. The number of allylic oxidation sites excluding steroid dienone is 5. The number of hydrogen-bond acceptors (Lipinski definition) is 2. The van der Waals surface area contributed by atoms with Gasteiger partial charge in [-0.1, -0.05) is 34.2 Å². The summed E-state index contributed by atoms with van der Waals surface area (Å²) >= 11 is 3.49. The molecule has 0 amide bonds. The van der Waals surface area contributed by atoms with Crippen LogP contribution in [0.1, 0.15) is 13.3 Å². The topological polar surface area (TPSA) is 29.3 Å². The molecule has 1 aliphatic rings. The number of nitrogens with zero attached hydrogens (tertiary/aromatic N) is 1. The number of rotatable bonds is 2. The van der Waals surface area contributed by atoms with Gasteiger partial charge in [0.2, 0.25) is 0 Å². The number of hydrazine groups is 1. The van der Waals surface area contributed by atoms with Gasteiger partial charge in [-0.2, -0.15) is 0 Å². The lowest BCUT2D eigenvalue weighted by Gasteiger charge is -2.19. The molecular weight excluding hydrogens is 228 g/mol. The third-order valence-electron chi connectivity index (χ3n) is 2.18. The molecule has 0 heterocycles. The van der Waals surface area contributed by atoms with Crippen LogP contribution in [0.25, 0.3) is 0 Å². The van der Waals surface area contributed by atoms with Gasteiger partial charge in [0.15, 0.2) is 0 Å². The Balaban J connectivity index is 3.08. The maximum absolute atomic E-state index is 5.76. The van der Waals surface area contributed by atoms with Gasteiger partial charge in [0.1, 0.15) is 0 Å². The van der Waals surface area contributed by atoms with E-state index in [2.05, 4.69) is 41.1 Å². The van der Waals surface area contributed by atoms with E-state index in [1.807, 2.05) is 7.05 Å². The molecule has 13 heavy (non-hydrogen) atoms. The lowest BCUT2D eigenvalue weighted by atomic mass is 10.1. The van der Waals surface area contributed by atoms with Crippen molar-refractivity contribution >= 4 is 15.9 Å². The molecule has 0 aromatic heterocycles. The average Bonchev–Trinajstić information content (AvgIpc) is 2.26. The van der Waals surface area contributed by atoms with Crippen LogP contribution in [0.5, 0.6) is 0 Å². The molecule has 0 aliphatic heterocycles. The highest BCUT2D eigenvalue weighted by Crippen LogP contribution is 2.23. The molecule has 1 rings (SSSR count). The van der Waals surface area contributed by atoms with Gasteiger partial charge in [-0.25, -0.2) is 5.84 Å². The summed E-state index contributed by atoms with van der Waals surface area (Å²) in [5.74, 6) is 5.76. The van der Waals surface area contributed by atoms with Gasteiger partial charge in [-0.05, 0) is 18.1 Å². The van der Waals surface area contributed by atoms with Crippen molar-refractivity contribution in [3.05, 3.63) is 35.1 Å². The molecule has 0 fully saturated rings. The summed E-state index contributed by atoms with van der Waals surface area (Å²) in [5, 5.41) is 2.55. The summed E-state index contributed by atoms with van der Waals surface area (Å²) in [6, 6.07) is 0. The Kier molecular flexibility index (Phi) is 3.75. The van der Waals surface area contributed by atoms with Crippen LogP contribution in [0.2, 0.25) is 0 Å². The van der Waals surface area contributed by atoms with Crippen molar-refractivity contribution < 1.29 is 0 Å². The third kappa shape index (κ3) is 2.45. The fraction of sp³-hybridized carbons (Fsp3) is 0.400. The van der Waals surface area contributed by atoms with Crippen molar-refractivity contribution in [3.8, 4) is 0 Å². The molecule has 2 nitrogen and oxygen atoms in total. The van der Waals surface area contributed by atoms with E-state index >= 15 is 0 Å². The second kappa shape index (κ2) is 4.63. The number of halogens is 1. The van der Waals surface area contributed by atoms with Crippen LogP contribution >= 0.6 is 15.9 Å². The van der Waals surface area contributed by atoms with Crippen molar-refractivity contribution in [2.45, 2.75) is 13.3 Å². The Morgan fingerprint density at radius 3 is 2.85 bits per heavy atom. The van der Waals surface area contributed by atoms with Crippen molar-refractivity contribution in [1.82, 2.24) is 5.01 Å². The Bertz CT molecular complexity index is 275. The molecule has 0 bridgehead atoms. The zero-order chi connectivity index (χ0) is 9.84.